The summed E-state index contributed by atoms with van der Waals surface area (Å²) in [4.78, 5) is 10.7. The molecule has 1 unspecified atom stereocenters. The molecule has 1 aromatic carbocycles. The molecule has 0 saturated heterocycles. The number of nitrogen functional groups attached to an aromatic ring is 1. The zero-order valence-electron chi connectivity index (χ0n) is 7.90. The average Bonchev–Trinajstić information content (AvgIpc) is 2.16. The molecule has 1 atom stereocenters. The second-order valence-corrected chi connectivity index (χ2v) is 3.04. The van der Waals surface area contributed by atoms with Crippen LogP contribution in [0.5, 0.6) is 0 Å². The van der Waals surface area contributed by atoms with Crippen LogP contribution >= 0.6 is 0 Å². The van der Waals surface area contributed by atoms with E-state index in [1.54, 1.807) is 19.1 Å². The lowest BCUT2D eigenvalue weighted by Gasteiger charge is -2.12. The Morgan fingerprint density at radius 2 is 2.21 bits per heavy atom. The molecule has 4 N–H and O–H groups in total. The highest BCUT2D eigenvalue weighted by atomic mass is 16.4. The fourth-order valence-corrected chi connectivity index (χ4v) is 1.28. The highest BCUT2D eigenvalue weighted by Crippen LogP contribution is 2.25. The van der Waals surface area contributed by atoms with Gasteiger partial charge in [0.25, 0.3) is 0 Å². The Morgan fingerprint density at radius 1 is 1.57 bits per heavy atom. The first-order chi connectivity index (χ1) is 6.57. The maximum atomic E-state index is 10.7. The number of aliphatic hydroxyl groups excluding tert-OH is 1. The van der Waals surface area contributed by atoms with E-state index < -0.39 is 12.1 Å². The van der Waals surface area contributed by atoms with Crippen LogP contribution in [0.1, 0.15) is 35.4 Å². The predicted octanol–water partition coefficient (Wildman–Crippen LogP) is 1.41. The third-order valence-corrected chi connectivity index (χ3v) is 2.12. The summed E-state index contributed by atoms with van der Waals surface area (Å²) in [5.41, 5.74) is 6.28. The van der Waals surface area contributed by atoms with Gasteiger partial charge >= 0.3 is 5.97 Å². The van der Waals surface area contributed by atoms with Crippen molar-refractivity contribution in [2.75, 3.05) is 5.73 Å². The minimum absolute atomic E-state index is 0.0370. The molecule has 0 saturated carbocycles. The number of carbonyl (C=O) groups is 1. The number of para-hydroxylation sites is 1. The summed E-state index contributed by atoms with van der Waals surface area (Å²) in [5.74, 6) is -1.08. The molecule has 0 amide bonds. The van der Waals surface area contributed by atoms with Gasteiger partial charge in [0.05, 0.1) is 17.4 Å². The van der Waals surface area contributed by atoms with E-state index in [1.807, 2.05) is 0 Å². The average molecular weight is 195 g/mol. The van der Waals surface area contributed by atoms with E-state index in [4.69, 9.17) is 10.8 Å². The Bertz CT molecular complexity index is 349. The lowest BCUT2D eigenvalue weighted by atomic mass is 10.0. The SMILES string of the molecule is CCC(O)c1cccc(C(=O)O)c1N. The fourth-order valence-electron chi connectivity index (χ4n) is 1.28. The molecule has 0 fully saturated rings. The first-order valence-electron chi connectivity index (χ1n) is 4.37. The van der Waals surface area contributed by atoms with Crippen LogP contribution in [0, 0.1) is 0 Å². The fraction of sp³-hybridized carbons (Fsp3) is 0.300. The van der Waals surface area contributed by atoms with E-state index in [9.17, 15) is 9.90 Å². The number of rotatable bonds is 3. The molecule has 0 bridgehead atoms. The molecule has 1 aromatic rings. The van der Waals surface area contributed by atoms with Gasteiger partial charge in [0.15, 0.2) is 0 Å². The number of benzene rings is 1. The molecule has 14 heavy (non-hydrogen) atoms. The topological polar surface area (TPSA) is 83.5 Å². The van der Waals surface area contributed by atoms with Crippen LogP contribution in [0.15, 0.2) is 18.2 Å². The van der Waals surface area contributed by atoms with Crippen molar-refractivity contribution in [2.24, 2.45) is 0 Å². The Morgan fingerprint density at radius 3 is 2.71 bits per heavy atom. The van der Waals surface area contributed by atoms with Gasteiger partial charge in [0.1, 0.15) is 0 Å². The van der Waals surface area contributed by atoms with Gasteiger partial charge in [-0.1, -0.05) is 19.1 Å². The number of carboxylic acid groups (broad SMARTS) is 1. The molecule has 4 heteroatoms. The molecule has 1 rings (SSSR count). The molecular weight excluding hydrogens is 182 g/mol. The van der Waals surface area contributed by atoms with Crippen LogP contribution in [-0.4, -0.2) is 16.2 Å². The Labute approximate surface area is 82.0 Å². The third-order valence-electron chi connectivity index (χ3n) is 2.12. The van der Waals surface area contributed by atoms with E-state index in [0.29, 0.717) is 12.0 Å². The van der Waals surface area contributed by atoms with Gasteiger partial charge in [-0.15, -0.1) is 0 Å². The normalized spacial score (nSPS) is 12.4. The second-order valence-electron chi connectivity index (χ2n) is 3.04. The number of carboxylic acids is 1. The number of nitrogens with two attached hydrogens (primary N) is 1. The van der Waals surface area contributed by atoms with Crippen molar-refractivity contribution in [3.05, 3.63) is 29.3 Å². The third kappa shape index (κ3) is 1.85. The van der Waals surface area contributed by atoms with Gasteiger partial charge in [-0.2, -0.15) is 0 Å². The van der Waals surface area contributed by atoms with E-state index in [0.717, 1.165) is 0 Å². The van der Waals surface area contributed by atoms with Crippen LogP contribution in [0.4, 0.5) is 5.69 Å². The Kier molecular flexibility index (Phi) is 3.09. The summed E-state index contributed by atoms with van der Waals surface area (Å²) in [6.45, 7) is 1.80. The molecule has 4 nitrogen and oxygen atoms in total. The number of aromatic carboxylic acids is 1. The zero-order valence-corrected chi connectivity index (χ0v) is 7.90. The molecule has 0 aliphatic heterocycles. The van der Waals surface area contributed by atoms with Crippen LogP contribution in [0.2, 0.25) is 0 Å². The number of hydrogen-bond acceptors (Lipinski definition) is 3. The highest BCUT2D eigenvalue weighted by Gasteiger charge is 2.14. The second kappa shape index (κ2) is 4.11. The van der Waals surface area contributed by atoms with E-state index in [-0.39, 0.29) is 11.3 Å². The molecule has 0 spiro atoms. The Hall–Kier alpha value is -1.55. The van der Waals surface area contributed by atoms with E-state index in [2.05, 4.69) is 0 Å². The minimum Gasteiger partial charge on any atom is -0.478 e. The summed E-state index contributed by atoms with van der Waals surface area (Å²) in [6.07, 6.45) is -0.193. The van der Waals surface area contributed by atoms with Gasteiger partial charge in [0.2, 0.25) is 0 Å². The molecule has 76 valence electrons. The van der Waals surface area contributed by atoms with Crippen molar-refractivity contribution in [3.8, 4) is 0 Å². The summed E-state index contributed by atoms with van der Waals surface area (Å²) in [6, 6.07) is 4.63. The molecule has 0 aliphatic carbocycles. The number of anilines is 1. The first-order valence-corrected chi connectivity index (χ1v) is 4.37. The maximum Gasteiger partial charge on any atom is 0.337 e. The molecule has 0 aliphatic rings. The standard InChI is InChI=1S/C10H13NO3/c1-2-8(12)6-4-3-5-7(9(6)11)10(13)14/h3-5,8,12H,2,11H2,1H3,(H,13,14). The Balaban J connectivity index is 3.20. The zero-order chi connectivity index (χ0) is 10.7. The quantitative estimate of drug-likeness (QED) is 0.637. The van der Waals surface area contributed by atoms with Crippen molar-refractivity contribution in [1.82, 2.24) is 0 Å². The lowest BCUT2D eigenvalue weighted by molar-refractivity contribution is 0.0698. The van der Waals surface area contributed by atoms with Crippen LogP contribution in [-0.2, 0) is 0 Å². The first kappa shape index (κ1) is 10.5. The predicted molar refractivity (Wildman–Crippen MR) is 53.1 cm³/mol. The molecule has 0 aromatic heterocycles. The van der Waals surface area contributed by atoms with Crippen LogP contribution < -0.4 is 5.73 Å². The number of aliphatic hydroxyl groups is 1. The van der Waals surface area contributed by atoms with Crippen molar-refractivity contribution in [3.63, 3.8) is 0 Å². The summed E-state index contributed by atoms with van der Waals surface area (Å²) >= 11 is 0. The van der Waals surface area contributed by atoms with Crippen LogP contribution in [0.25, 0.3) is 0 Å². The molecular formula is C10H13NO3. The van der Waals surface area contributed by atoms with Crippen LogP contribution in [0.3, 0.4) is 0 Å². The van der Waals surface area contributed by atoms with Crippen molar-refractivity contribution in [2.45, 2.75) is 19.4 Å². The van der Waals surface area contributed by atoms with E-state index in [1.165, 1.54) is 6.07 Å². The van der Waals surface area contributed by atoms with Crippen molar-refractivity contribution >= 4 is 11.7 Å². The van der Waals surface area contributed by atoms with Crippen molar-refractivity contribution in [1.29, 1.82) is 0 Å². The summed E-state index contributed by atoms with van der Waals surface area (Å²) < 4.78 is 0. The van der Waals surface area contributed by atoms with Gasteiger partial charge in [-0.05, 0) is 12.5 Å². The van der Waals surface area contributed by atoms with E-state index >= 15 is 0 Å². The van der Waals surface area contributed by atoms with Gasteiger partial charge < -0.3 is 15.9 Å². The number of hydrogen-bond donors (Lipinski definition) is 3. The smallest absolute Gasteiger partial charge is 0.337 e. The van der Waals surface area contributed by atoms with Gasteiger partial charge in [0, 0.05) is 5.56 Å². The lowest BCUT2D eigenvalue weighted by Crippen LogP contribution is -2.07. The maximum absolute atomic E-state index is 10.7. The van der Waals surface area contributed by atoms with Gasteiger partial charge in [-0.25, -0.2) is 4.79 Å². The molecule has 0 radical (unpaired) electrons. The molecule has 0 heterocycles. The summed E-state index contributed by atoms with van der Waals surface area (Å²) in [5, 5.41) is 18.3. The van der Waals surface area contributed by atoms with Gasteiger partial charge in [-0.3, -0.25) is 0 Å². The highest BCUT2D eigenvalue weighted by molar-refractivity contribution is 5.94. The van der Waals surface area contributed by atoms with Crippen molar-refractivity contribution < 1.29 is 15.0 Å². The monoisotopic (exact) mass is 195 g/mol. The minimum atomic E-state index is -1.08. The largest absolute Gasteiger partial charge is 0.478 e. The summed E-state index contributed by atoms with van der Waals surface area (Å²) in [7, 11) is 0.